The summed E-state index contributed by atoms with van der Waals surface area (Å²) in [6, 6.07) is 11.5. The van der Waals surface area contributed by atoms with E-state index in [9.17, 15) is 21.6 Å². The minimum atomic E-state index is -4.59. The Morgan fingerprint density at radius 2 is 1.73 bits per heavy atom. The number of methoxy groups -OCH3 is 1. The zero-order valence-corrected chi connectivity index (χ0v) is 17.3. The highest BCUT2D eigenvalue weighted by Crippen LogP contribution is 2.30. The normalized spacial score (nSPS) is 15.9. The van der Waals surface area contributed by atoms with Crippen molar-refractivity contribution in [1.29, 1.82) is 0 Å². The third kappa shape index (κ3) is 5.44. The summed E-state index contributed by atoms with van der Waals surface area (Å²) in [5.41, 5.74) is 0.0303. The van der Waals surface area contributed by atoms with Crippen LogP contribution in [0.1, 0.15) is 5.56 Å². The zero-order chi connectivity index (χ0) is 21.8. The highest BCUT2D eigenvalue weighted by atomic mass is 32.2. The number of hydrogen-bond donors (Lipinski definition) is 1. The molecule has 1 N–H and O–H groups in total. The second kappa shape index (κ2) is 9.23. The number of sulfonamides is 1. The quantitative estimate of drug-likeness (QED) is 0.713. The van der Waals surface area contributed by atoms with E-state index >= 15 is 0 Å². The lowest BCUT2D eigenvalue weighted by Gasteiger charge is -2.36. The Morgan fingerprint density at radius 1 is 1.03 bits per heavy atom. The molecule has 1 fully saturated rings. The van der Waals surface area contributed by atoms with E-state index in [4.69, 9.17) is 4.74 Å². The van der Waals surface area contributed by atoms with Gasteiger partial charge in [-0.1, -0.05) is 18.2 Å². The highest BCUT2D eigenvalue weighted by molar-refractivity contribution is 7.89. The number of nitrogens with zero attached hydrogens (tertiary/aromatic N) is 2. The summed E-state index contributed by atoms with van der Waals surface area (Å²) in [7, 11) is -2.38. The van der Waals surface area contributed by atoms with Crippen molar-refractivity contribution < 1.29 is 26.3 Å². The lowest BCUT2D eigenvalue weighted by atomic mass is 10.2. The van der Waals surface area contributed by atoms with Crippen LogP contribution >= 0.6 is 0 Å². The molecule has 3 rings (SSSR count). The molecule has 0 bridgehead atoms. The molecule has 0 aromatic heterocycles. The molecule has 1 aliphatic heterocycles. The maximum Gasteiger partial charge on any atom is 0.416 e. The van der Waals surface area contributed by atoms with E-state index in [2.05, 4.69) is 14.5 Å². The summed E-state index contributed by atoms with van der Waals surface area (Å²) in [6.07, 6.45) is -4.59. The van der Waals surface area contributed by atoms with Gasteiger partial charge in [0.1, 0.15) is 5.75 Å². The third-order valence-electron chi connectivity index (χ3n) is 4.99. The van der Waals surface area contributed by atoms with Crippen molar-refractivity contribution in [3.8, 4) is 5.75 Å². The van der Waals surface area contributed by atoms with E-state index in [1.165, 1.54) is 0 Å². The summed E-state index contributed by atoms with van der Waals surface area (Å²) in [5.74, 6) is 0.805. The number of para-hydroxylation sites is 2. The number of alkyl halides is 3. The fraction of sp³-hybridized carbons (Fsp3) is 0.400. The average Bonchev–Trinajstić information content (AvgIpc) is 2.73. The van der Waals surface area contributed by atoms with Crippen molar-refractivity contribution in [2.75, 3.05) is 51.3 Å². The van der Waals surface area contributed by atoms with Gasteiger partial charge in [-0.05, 0) is 30.3 Å². The number of hydrogen-bond acceptors (Lipinski definition) is 5. The van der Waals surface area contributed by atoms with Crippen LogP contribution in [-0.4, -0.2) is 59.7 Å². The van der Waals surface area contributed by atoms with E-state index in [0.29, 0.717) is 12.6 Å². The molecule has 1 heterocycles. The van der Waals surface area contributed by atoms with Gasteiger partial charge in [0.05, 0.1) is 23.3 Å². The van der Waals surface area contributed by atoms with Gasteiger partial charge in [-0.3, -0.25) is 4.90 Å². The fourth-order valence-corrected chi connectivity index (χ4v) is 4.43. The van der Waals surface area contributed by atoms with Crippen molar-refractivity contribution >= 4 is 15.7 Å². The van der Waals surface area contributed by atoms with Crippen molar-refractivity contribution in [2.24, 2.45) is 0 Å². The first-order valence-corrected chi connectivity index (χ1v) is 11.0. The molecule has 0 spiro atoms. The molecule has 1 saturated heterocycles. The molecular weight excluding hydrogens is 419 g/mol. The van der Waals surface area contributed by atoms with Gasteiger partial charge in [0.2, 0.25) is 10.0 Å². The number of benzene rings is 2. The Hall–Kier alpha value is -2.30. The summed E-state index contributed by atoms with van der Waals surface area (Å²) in [5, 5.41) is 0. The Labute approximate surface area is 174 Å². The topological polar surface area (TPSA) is 61.9 Å². The van der Waals surface area contributed by atoms with Crippen LogP contribution in [0.15, 0.2) is 53.4 Å². The minimum absolute atomic E-state index is 0.118. The Morgan fingerprint density at radius 3 is 2.40 bits per heavy atom. The lowest BCUT2D eigenvalue weighted by Crippen LogP contribution is -2.48. The fourth-order valence-electron chi connectivity index (χ4n) is 3.36. The Kier molecular flexibility index (Phi) is 6.89. The molecule has 0 amide bonds. The number of piperazine rings is 1. The van der Waals surface area contributed by atoms with Gasteiger partial charge in [0.15, 0.2) is 0 Å². The monoisotopic (exact) mass is 443 g/mol. The van der Waals surface area contributed by atoms with E-state index in [1.54, 1.807) is 7.11 Å². The summed E-state index contributed by atoms with van der Waals surface area (Å²) < 4.78 is 70.9. The van der Waals surface area contributed by atoms with Crippen molar-refractivity contribution in [3.05, 3.63) is 54.1 Å². The number of rotatable bonds is 7. The summed E-state index contributed by atoms with van der Waals surface area (Å²) >= 11 is 0. The second-order valence-corrected chi connectivity index (χ2v) is 8.69. The molecule has 164 valence electrons. The van der Waals surface area contributed by atoms with Crippen molar-refractivity contribution in [3.63, 3.8) is 0 Å². The SMILES string of the molecule is COc1ccccc1N1CCN(CCNS(=O)(=O)c2cccc(C(F)(F)F)c2)CC1. The molecular formula is C20H24F3N3O3S. The second-order valence-electron chi connectivity index (χ2n) is 6.92. The smallest absolute Gasteiger partial charge is 0.416 e. The van der Waals surface area contributed by atoms with Gasteiger partial charge in [-0.25, -0.2) is 13.1 Å². The summed E-state index contributed by atoms with van der Waals surface area (Å²) in [6.45, 7) is 3.60. The van der Waals surface area contributed by atoms with Crippen molar-refractivity contribution in [1.82, 2.24) is 9.62 Å². The molecule has 0 aliphatic carbocycles. The lowest BCUT2D eigenvalue weighted by molar-refractivity contribution is -0.137. The van der Waals surface area contributed by atoms with Crippen LogP contribution in [0, 0.1) is 0 Å². The molecule has 0 atom stereocenters. The van der Waals surface area contributed by atoms with Crippen LogP contribution in [0.2, 0.25) is 0 Å². The Bertz CT molecular complexity index is 959. The maximum atomic E-state index is 12.8. The maximum absolute atomic E-state index is 12.8. The van der Waals surface area contributed by atoms with Gasteiger partial charge < -0.3 is 9.64 Å². The standard InChI is InChI=1S/C20H24F3N3O3S/c1-29-19-8-3-2-7-18(19)26-13-11-25(12-14-26)10-9-24-30(27,28)17-6-4-5-16(15-17)20(21,22)23/h2-8,15,24H,9-14H2,1H3. The third-order valence-corrected chi connectivity index (χ3v) is 6.45. The van der Waals surface area contributed by atoms with Crippen LogP contribution in [-0.2, 0) is 16.2 Å². The Balaban J connectivity index is 1.51. The number of anilines is 1. The highest BCUT2D eigenvalue weighted by Gasteiger charge is 2.31. The molecule has 2 aromatic carbocycles. The summed E-state index contributed by atoms with van der Waals surface area (Å²) in [4.78, 5) is 3.93. The molecule has 0 radical (unpaired) electrons. The number of halogens is 3. The molecule has 0 saturated carbocycles. The van der Waals surface area contributed by atoms with Crippen molar-refractivity contribution in [2.45, 2.75) is 11.1 Å². The van der Waals surface area contributed by atoms with E-state index in [-0.39, 0.29) is 6.54 Å². The molecule has 6 nitrogen and oxygen atoms in total. The minimum Gasteiger partial charge on any atom is -0.495 e. The molecule has 0 unspecified atom stereocenters. The van der Waals surface area contributed by atoms with Gasteiger partial charge in [-0.2, -0.15) is 13.2 Å². The largest absolute Gasteiger partial charge is 0.495 e. The zero-order valence-electron chi connectivity index (χ0n) is 16.5. The van der Waals surface area contributed by atoms with Gasteiger partial charge >= 0.3 is 6.18 Å². The molecule has 1 aliphatic rings. The first-order chi connectivity index (χ1) is 14.2. The van der Waals surface area contributed by atoms with E-state index in [1.807, 2.05) is 24.3 Å². The predicted molar refractivity (Wildman–Crippen MR) is 108 cm³/mol. The van der Waals surface area contributed by atoms with Crippen LogP contribution in [0.25, 0.3) is 0 Å². The van der Waals surface area contributed by atoms with Gasteiger partial charge in [0, 0.05) is 39.3 Å². The van der Waals surface area contributed by atoms with Crippen LogP contribution < -0.4 is 14.4 Å². The number of nitrogens with one attached hydrogen (secondary N) is 1. The van der Waals surface area contributed by atoms with Crippen LogP contribution in [0.5, 0.6) is 5.75 Å². The average molecular weight is 443 g/mol. The first-order valence-electron chi connectivity index (χ1n) is 9.48. The first kappa shape index (κ1) is 22.4. The molecule has 10 heteroatoms. The predicted octanol–water partition coefficient (Wildman–Crippen LogP) is 2.81. The van der Waals surface area contributed by atoms with Gasteiger partial charge in [0.25, 0.3) is 0 Å². The molecule has 2 aromatic rings. The van der Waals surface area contributed by atoms with Crippen LogP contribution in [0.4, 0.5) is 18.9 Å². The van der Waals surface area contributed by atoms with E-state index < -0.39 is 26.7 Å². The van der Waals surface area contributed by atoms with Gasteiger partial charge in [-0.15, -0.1) is 0 Å². The molecule has 30 heavy (non-hydrogen) atoms. The number of ether oxygens (including phenoxy) is 1. The van der Waals surface area contributed by atoms with E-state index in [0.717, 1.165) is 55.8 Å². The van der Waals surface area contributed by atoms with Crippen LogP contribution in [0.3, 0.4) is 0 Å².